The van der Waals surface area contributed by atoms with E-state index >= 15 is 0 Å². The van der Waals surface area contributed by atoms with Gasteiger partial charge in [-0.15, -0.1) is 0 Å². The van der Waals surface area contributed by atoms with Crippen LogP contribution in [-0.4, -0.2) is 53.3 Å². The Kier molecular flexibility index (Phi) is 16.3. The second-order valence-electron chi connectivity index (χ2n) is 1.96. The van der Waals surface area contributed by atoms with Crippen molar-refractivity contribution >= 4 is 41.6 Å². The number of rotatable bonds is 6. The standard InChI is InChI=1S/K.H3N.2H2O8S2.H/c;;2*1-7-10(5,6)8-9(2,3)4;/h;1H3;2*1H,(H,2,3,4);/q+1;;;;-1. The first-order valence-corrected chi connectivity index (χ1v) is 8.46. The molecule has 0 aliphatic heterocycles. The molecular weight excluding hydrogens is 437 g/mol. The van der Waals surface area contributed by atoms with Crippen molar-refractivity contribution in [1.82, 2.24) is 6.15 Å². The molecule has 17 nitrogen and oxygen atoms in total. The Hall–Kier alpha value is 1.08. The van der Waals surface area contributed by atoms with E-state index in [9.17, 15) is 33.7 Å². The van der Waals surface area contributed by atoms with Gasteiger partial charge in [0.25, 0.3) is 0 Å². The Balaban J connectivity index is -0.0000000831. The van der Waals surface area contributed by atoms with Gasteiger partial charge in [0, 0.05) is 0 Å². The van der Waals surface area contributed by atoms with Gasteiger partial charge in [0.2, 0.25) is 0 Å². The van der Waals surface area contributed by atoms with E-state index in [2.05, 4.69) is 15.9 Å². The molecule has 0 aliphatic carbocycles. The second-order valence-corrected chi connectivity index (χ2v) is 6.69. The van der Waals surface area contributed by atoms with Crippen LogP contribution in [0.25, 0.3) is 0 Å². The number of hydrogen-bond acceptors (Lipinski definition) is 15. The fourth-order valence-corrected chi connectivity index (χ4v) is 2.12. The van der Waals surface area contributed by atoms with Crippen molar-refractivity contribution in [3.63, 3.8) is 0 Å². The van der Waals surface area contributed by atoms with E-state index in [-0.39, 0.29) is 59.0 Å². The van der Waals surface area contributed by atoms with Crippen molar-refractivity contribution in [2.24, 2.45) is 0 Å². The molecule has 0 unspecified atom stereocenters. The van der Waals surface area contributed by atoms with Crippen LogP contribution in [0.1, 0.15) is 1.43 Å². The molecule has 0 aromatic rings. The van der Waals surface area contributed by atoms with E-state index in [1.165, 1.54) is 0 Å². The molecule has 0 heterocycles. The van der Waals surface area contributed by atoms with Crippen molar-refractivity contribution in [3.8, 4) is 0 Å². The Morgan fingerprint density at radius 2 is 0.818 bits per heavy atom. The minimum Gasteiger partial charge on any atom is -1.00 e. The molecular formula is H8KNO16S4. The minimum atomic E-state index is -5.17. The third-order valence-electron chi connectivity index (χ3n) is 0.521. The Morgan fingerprint density at radius 1 is 0.636 bits per heavy atom. The summed E-state index contributed by atoms with van der Waals surface area (Å²) in [5.41, 5.74) is 0. The topological polar surface area (TPSA) is 289 Å². The first-order valence-electron chi connectivity index (χ1n) is 3.06. The SMILES string of the molecule is N.O=S(=O)(O)OS(=O)(=O)OO.O=S(=O)(O)OS(=O)(=O)OO.[H-].[K+]. The molecule has 134 valence electrons. The van der Waals surface area contributed by atoms with Gasteiger partial charge in [0.05, 0.1) is 0 Å². The minimum absolute atomic E-state index is 0. The Bertz CT molecular complexity index is 632. The summed E-state index contributed by atoms with van der Waals surface area (Å²) in [4.78, 5) is 0. The summed E-state index contributed by atoms with van der Waals surface area (Å²) in [7, 11) is -20.5. The molecule has 0 rings (SSSR count). The van der Waals surface area contributed by atoms with Crippen LogP contribution in [0.5, 0.6) is 0 Å². The van der Waals surface area contributed by atoms with Crippen molar-refractivity contribution in [2.75, 3.05) is 0 Å². The third-order valence-corrected chi connectivity index (χ3v) is 3.60. The molecule has 0 fully saturated rings. The predicted molar refractivity (Wildman–Crippen MR) is 56.7 cm³/mol. The summed E-state index contributed by atoms with van der Waals surface area (Å²) in [6.45, 7) is 0. The summed E-state index contributed by atoms with van der Waals surface area (Å²) in [6, 6.07) is 0. The van der Waals surface area contributed by atoms with Crippen LogP contribution in [0.4, 0.5) is 0 Å². The molecule has 0 aliphatic rings. The molecule has 0 saturated carbocycles. The van der Waals surface area contributed by atoms with Crippen LogP contribution in [0.3, 0.4) is 0 Å². The van der Waals surface area contributed by atoms with E-state index in [0.29, 0.717) is 0 Å². The van der Waals surface area contributed by atoms with Gasteiger partial charge in [-0.1, -0.05) is 15.9 Å². The molecule has 0 spiro atoms. The fraction of sp³-hybridized carbons (Fsp3) is 0. The van der Waals surface area contributed by atoms with Crippen molar-refractivity contribution in [1.29, 1.82) is 0 Å². The Morgan fingerprint density at radius 3 is 0.864 bits per heavy atom. The van der Waals surface area contributed by atoms with Gasteiger partial charge in [-0.05, 0) is 0 Å². The Labute approximate surface area is 168 Å². The fourth-order valence-electron chi connectivity index (χ4n) is 0.235. The normalized spacial score (nSPS) is 12.2. The average Bonchev–Trinajstić information content (AvgIpc) is 2.11. The van der Waals surface area contributed by atoms with Crippen LogP contribution in [-0.2, 0) is 57.5 Å². The maximum Gasteiger partial charge on any atom is 1.00 e. The number of hydrogen-bond donors (Lipinski definition) is 5. The molecule has 0 aromatic carbocycles. The van der Waals surface area contributed by atoms with E-state index in [4.69, 9.17) is 19.6 Å². The maximum atomic E-state index is 9.78. The molecule has 0 aromatic heterocycles. The van der Waals surface area contributed by atoms with Crippen LogP contribution < -0.4 is 57.5 Å². The van der Waals surface area contributed by atoms with Gasteiger partial charge in [-0.3, -0.25) is 9.11 Å². The molecule has 0 radical (unpaired) electrons. The third kappa shape index (κ3) is 23.3. The summed E-state index contributed by atoms with van der Waals surface area (Å²) < 4.78 is 103. The second kappa shape index (κ2) is 11.6. The van der Waals surface area contributed by atoms with Crippen molar-refractivity contribution in [2.45, 2.75) is 0 Å². The van der Waals surface area contributed by atoms with Gasteiger partial charge in [-0.25, -0.2) is 10.5 Å². The summed E-state index contributed by atoms with van der Waals surface area (Å²) in [5, 5.41) is 14.7. The van der Waals surface area contributed by atoms with Crippen LogP contribution >= 0.6 is 0 Å². The zero-order valence-electron chi connectivity index (χ0n) is 11.0. The summed E-state index contributed by atoms with van der Waals surface area (Å²) in [6.07, 6.45) is 0. The molecule has 22 heavy (non-hydrogen) atoms. The quantitative estimate of drug-likeness (QED) is 0.110. The van der Waals surface area contributed by atoms with Gasteiger partial charge in [-0.2, -0.15) is 33.7 Å². The summed E-state index contributed by atoms with van der Waals surface area (Å²) in [5.74, 6) is 0. The zero-order chi connectivity index (χ0) is 16.8. The molecule has 7 N–H and O–H groups in total. The van der Waals surface area contributed by atoms with Gasteiger partial charge >= 0.3 is 93.0 Å². The van der Waals surface area contributed by atoms with Crippen LogP contribution in [0.15, 0.2) is 0 Å². The molecule has 0 saturated heterocycles. The van der Waals surface area contributed by atoms with E-state index < -0.39 is 41.6 Å². The van der Waals surface area contributed by atoms with Crippen LogP contribution in [0, 0.1) is 0 Å². The molecule has 0 atom stereocenters. The van der Waals surface area contributed by atoms with Gasteiger partial charge in [0.15, 0.2) is 0 Å². The first kappa shape index (κ1) is 30.9. The largest absolute Gasteiger partial charge is 1.00 e. The monoisotopic (exact) mass is 445 g/mol. The maximum absolute atomic E-state index is 9.78. The van der Waals surface area contributed by atoms with E-state index in [1.807, 2.05) is 0 Å². The molecule has 22 heteroatoms. The van der Waals surface area contributed by atoms with Gasteiger partial charge < -0.3 is 7.58 Å². The predicted octanol–water partition coefficient (Wildman–Crippen LogP) is -5.64. The zero-order valence-corrected chi connectivity index (χ0v) is 16.4. The van der Waals surface area contributed by atoms with E-state index in [0.717, 1.165) is 0 Å². The van der Waals surface area contributed by atoms with Gasteiger partial charge in [0.1, 0.15) is 0 Å². The van der Waals surface area contributed by atoms with E-state index in [1.54, 1.807) is 0 Å². The molecule has 0 amide bonds. The van der Waals surface area contributed by atoms with Crippen molar-refractivity contribution < 1.29 is 122 Å². The van der Waals surface area contributed by atoms with Crippen LogP contribution in [0.2, 0.25) is 0 Å². The molecule has 0 bridgehead atoms. The smallest absolute Gasteiger partial charge is 1.00 e. The van der Waals surface area contributed by atoms with Crippen molar-refractivity contribution in [3.05, 3.63) is 0 Å². The average molecular weight is 445 g/mol. The summed E-state index contributed by atoms with van der Waals surface area (Å²) >= 11 is 0. The first-order chi connectivity index (χ1) is 8.54.